The smallest absolute Gasteiger partial charge is 0.315 e. The van der Waals surface area contributed by atoms with Crippen LogP contribution < -0.4 is 16.0 Å². The van der Waals surface area contributed by atoms with Crippen LogP contribution in [0.2, 0.25) is 0 Å². The molecule has 0 unspecified atom stereocenters. The zero-order chi connectivity index (χ0) is 26.8. The van der Waals surface area contributed by atoms with E-state index in [1.165, 1.54) is 24.5 Å². The minimum atomic E-state index is -0.496. The average molecular weight is 522 g/mol. The number of aromatic nitrogens is 5. The van der Waals surface area contributed by atoms with Gasteiger partial charge in [-0.3, -0.25) is 4.79 Å². The Morgan fingerprint density at radius 2 is 2.08 bits per heavy atom. The first-order valence-electron chi connectivity index (χ1n) is 12.8. The van der Waals surface area contributed by atoms with Gasteiger partial charge >= 0.3 is 6.01 Å². The molecular weight excluding hydrogens is 489 g/mol. The number of carbonyl (C=O) groups is 1. The molecule has 11 nitrogen and oxygen atoms in total. The number of anilines is 3. The van der Waals surface area contributed by atoms with E-state index in [9.17, 15) is 9.18 Å². The first kappa shape index (κ1) is 25.6. The molecule has 3 aromatic heterocycles. The van der Waals surface area contributed by atoms with Crippen molar-refractivity contribution in [2.24, 2.45) is 0 Å². The molecule has 0 bridgehead atoms. The molecule has 4 aromatic rings. The third-order valence-electron chi connectivity index (χ3n) is 6.30. The second kappa shape index (κ2) is 10.7. The molecule has 0 saturated heterocycles. The molecule has 0 radical (unpaired) electrons. The first-order chi connectivity index (χ1) is 18.3. The molecule has 0 aliphatic heterocycles. The number of amides is 1. The molecule has 38 heavy (non-hydrogen) atoms. The van der Waals surface area contributed by atoms with Crippen molar-refractivity contribution in [3.8, 4) is 11.5 Å². The molecule has 1 amide bonds. The predicted molar refractivity (Wildman–Crippen MR) is 142 cm³/mol. The van der Waals surface area contributed by atoms with Crippen LogP contribution >= 0.6 is 0 Å². The van der Waals surface area contributed by atoms with E-state index < -0.39 is 5.82 Å². The van der Waals surface area contributed by atoms with E-state index in [1.807, 2.05) is 27.9 Å². The summed E-state index contributed by atoms with van der Waals surface area (Å²) in [5.41, 5.74) is 2.77. The number of nitrogens with one attached hydrogen (secondary N) is 3. The summed E-state index contributed by atoms with van der Waals surface area (Å²) in [6, 6.07) is 4.80. The lowest BCUT2D eigenvalue weighted by atomic mass is 10.00. The highest BCUT2D eigenvalue weighted by Gasteiger charge is 2.25. The summed E-state index contributed by atoms with van der Waals surface area (Å²) < 4.78 is 22.4. The average Bonchev–Trinajstić information content (AvgIpc) is 3.41. The Kier molecular flexibility index (Phi) is 7.23. The summed E-state index contributed by atoms with van der Waals surface area (Å²) in [5, 5.41) is 21.9. The molecule has 200 valence electrons. The second-order valence-corrected chi connectivity index (χ2v) is 10.1. The lowest BCUT2D eigenvalue weighted by Crippen LogP contribution is -2.25. The third-order valence-corrected chi connectivity index (χ3v) is 6.30. The van der Waals surface area contributed by atoms with E-state index in [0.717, 1.165) is 36.9 Å². The number of hydrogen-bond donors (Lipinski definition) is 3. The Morgan fingerprint density at radius 1 is 1.26 bits per heavy atom. The fraction of sp³-hybridized carbons (Fsp3) is 0.423. The largest absolute Gasteiger partial charge is 0.403 e. The van der Waals surface area contributed by atoms with E-state index in [1.54, 1.807) is 10.7 Å². The van der Waals surface area contributed by atoms with Gasteiger partial charge in [-0.25, -0.2) is 13.9 Å². The van der Waals surface area contributed by atoms with E-state index in [2.05, 4.69) is 41.1 Å². The highest BCUT2D eigenvalue weighted by atomic mass is 19.1. The van der Waals surface area contributed by atoms with Gasteiger partial charge in [0, 0.05) is 24.3 Å². The van der Waals surface area contributed by atoms with Crippen LogP contribution in [0.5, 0.6) is 0 Å². The van der Waals surface area contributed by atoms with Crippen molar-refractivity contribution in [2.45, 2.75) is 45.1 Å². The zero-order valence-electron chi connectivity index (χ0n) is 22.0. The molecule has 0 atom stereocenters. The molecule has 1 aromatic carbocycles. The van der Waals surface area contributed by atoms with Crippen molar-refractivity contribution in [2.75, 3.05) is 37.8 Å². The quantitative estimate of drug-likeness (QED) is 0.251. The summed E-state index contributed by atoms with van der Waals surface area (Å²) in [4.78, 5) is 19.0. The summed E-state index contributed by atoms with van der Waals surface area (Å²) >= 11 is 0. The number of benzene rings is 1. The Labute approximate surface area is 219 Å². The number of halogens is 1. The fourth-order valence-electron chi connectivity index (χ4n) is 4.26. The maximum absolute atomic E-state index is 14.8. The van der Waals surface area contributed by atoms with E-state index in [4.69, 9.17) is 4.42 Å². The summed E-state index contributed by atoms with van der Waals surface area (Å²) in [6.07, 6.45) is 6.06. The van der Waals surface area contributed by atoms with Gasteiger partial charge < -0.3 is 25.3 Å². The number of nitrogens with zero attached hydrogens (tertiary/aromatic N) is 6. The van der Waals surface area contributed by atoms with Crippen LogP contribution in [0.3, 0.4) is 0 Å². The molecule has 0 spiro atoms. The second-order valence-electron chi connectivity index (χ2n) is 10.1. The van der Waals surface area contributed by atoms with Crippen molar-refractivity contribution < 1.29 is 13.6 Å². The minimum Gasteiger partial charge on any atom is -0.403 e. The van der Waals surface area contributed by atoms with Crippen molar-refractivity contribution >= 4 is 28.9 Å². The number of rotatable bonds is 11. The van der Waals surface area contributed by atoms with Crippen molar-refractivity contribution in [3.63, 3.8) is 0 Å². The summed E-state index contributed by atoms with van der Waals surface area (Å²) in [6.45, 7) is 5.72. The number of fused-ring (bicyclic) bond motifs is 1. The maximum atomic E-state index is 14.8. The molecule has 1 fully saturated rings. The molecule has 3 heterocycles. The van der Waals surface area contributed by atoms with Gasteiger partial charge in [0.05, 0.1) is 11.3 Å². The molecular formula is C26H32FN9O2. The van der Waals surface area contributed by atoms with Gasteiger partial charge in [-0.05, 0) is 69.6 Å². The summed E-state index contributed by atoms with van der Waals surface area (Å²) in [5.74, 6) is 0.0639. The molecule has 1 saturated carbocycles. The molecule has 12 heteroatoms. The van der Waals surface area contributed by atoms with Gasteiger partial charge in [0.25, 0.3) is 11.8 Å². The topological polar surface area (TPSA) is 126 Å². The molecule has 1 aliphatic carbocycles. The lowest BCUT2D eigenvalue weighted by molar-refractivity contribution is 0.0951. The van der Waals surface area contributed by atoms with Gasteiger partial charge in [0.2, 0.25) is 0 Å². The maximum Gasteiger partial charge on any atom is 0.315 e. The number of carbonyl (C=O) groups excluding carboxylic acids is 1. The van der Waals surface area contributed by atoms with Gasteiger partial charge in [-0.15, -0.1) is 5.10 Å². The van der Waals surface area contributed by atoms with Crippen LogP contribution in [0.25, 0.3) is 17.0 Å². The van der Waals surface area contributed by atoms with Gasteiger partial charge in [-0.1, -0.05) is 18.9 Å². The summed E-state index contributed by atoms with van der Waals surface area (Å²) in [7, 11) is 4.05. The van der Waals surface area contributed by atoms with Gasteiger partial charge in [0.15, 0.2) is 5.82 Å². The predicted octanol–water partition coefficient (Wildman–Crippen LogP) is 4.04. The van der Waals surface area contributed by atoms with Crippen LogP contribution in [0, 0.1) is 5.82 Å². The number of hydrogen-bond acceptors (Lipinski definition) is 9. The highest BCUT2D eigenvalue weighted by Crippen LogP contribution is 2.37. The Bertz CT molecular complexity index is 1440. The lowest BCUT2D eigenvalue weighted by Gasteiger charge is -2.13. The highest BCUT2D eigenvalue weighted by molar-refractivity contribution is 5.96. The van der Waals surface area contributed by atoms with Crippen LogP contribution in [-0.4, -0.2) is 68.8 Å². The van der Waals surface area contributed by atoms with Gasteiger partial charge in [0.1, 0.15) is 17.7 Å². The van der Waals surface area contributed by atoms with E-state index in [-0.39, 0.29) is 23.6 Å². The van der Waals surface area contributed by atoms with Crippen LogP contribution in [-0.2, 0) is 0 Å². The SMILES string of the molecule is CC(C)c1c(-c2nnc(NCCCN(C)C)o2)cn2ncnc(Nc3cc(C(=O)NC4CC4)ccc3F)c12. The van der Waals surface area contributed by atoms with E-state index >= 15 is 0 Å². The molecule has 5 rings (SSSR count). The standard InChI is InChI=1S/C26H32FN9O2/c1-15(2)21-18(25-33-34-26(38-25)28-10-5-11-35(3)4)13-36-22(21)23(29-14-30-36)32-20-12-16(6-9-19(20)27)24(37)31-17-7-8-17/h6,9,12-15,17H,5,7-8,10-11H2,1-4H3,(H,28,34)(H,31,37)(H,29,30,32). The first-order valence-corrected chi connectivity index (χ1v) is 12.8. The Morgan fingerprint density at radius 3 is 2.82 bits per heavy atom. The third kappa shape index (κ3) is 5.59. The monoisotopic (exact) mass is 521 g/mol. The Hall–Kier alpha value is -4.06. The zero-order valence-corrected chi connectivity index (χ0v) is 22.0. The molecule has 1 aliphatic rings. The minimum absolute atomic E-state index is 0.0328. The van der Waals surface area contributed by atoms with Crippen LogP contribution in [0.15, 0.2) is 35.1 Å². The van der Waals surface area contributed by atoms with Gasteiger partial charge in [-0.2, -0.15) is 5.10 Å². The van der Waals surface area contributed by atoms with Crippen molar-refractivity contribution in [3.05, 3.63) is 47.7 Å². The fourth-order valence-corrected chi connectivity index (χ4v) is 4.26. The normalized spacial score (nSPS) is 13.4. The van der Waals surface area contributed by atoms with Crippen LogP contribution in [0.1, 0.15) is 54.9 Å². The molecule has 3 N–H and O–H groups in total. The van der Waals surface area contributed by atoms with Crippen molar-refractivity contribution in [1.29, 1.82) is 0 Å². The van der Waals surface area contributed by atoms with Crippen LogP contribution in [0.4, 0.5) is 21.9 Å². The Balaban J connectivity index is 1.45. The van der Waals surface area contributed by atoms with E-state index in [0.29, 0.717) is 35.3 Å². The van der Waals surface area contributed by atoms with Crippen molar-refractivity contribution in [1.82, 2.24) is 35.0 Å².